The predicted molar refractivity (Wildman–Crippen MR) is 161 cm³/mol. The Balaban J connectivity index is 1.98. The van der Waals surface area contributed by atoms with Gasteiger partial charge in [0, 0.05) is 18.6 Å². The summed E-state index contributed by atoms with van der Waals surface area (Å²) in [5.74, 6) is 0.330. The Bertz CT molecular complexity index is 1150. The van der Waals surface area contributed by atoms with Gasteiger partial charge in [-0.05, 0) is 92.6 Å². The zero-order chi connectivity index (χ0) is 27.6. The van der Waals surface area contributed by atoms with Gasteiger partial charge in [-0.25, -0.2) is 0 Å². The molecule has 0 spiro atoms. The van der Waals surface area contributed by atoms with E-state index in [1.54, 1.807) is 0 Å². The molecule has 0 aromatic heterocycles. The summed E-state index contributed by atoms with van der Waals surface area (Å²) in [7, 11) is -2.85. The highest BCUT2D eigenvalue weighted by atomic mass is 28.4. The minimum atomic E-state index is -2.85. The molecule has 1 aliphatic heterocycles. The van der Waals surface area contributed by atoms with Gasteiger partial charge in [-0.1, -0.05) is 79.6 Å². The molecule has 0 bridgehead atoms. The van der Waals surface area contributed by atoms with Gasteiger partial charge in [0.15, 0.2) is 0 Å². The van der Waals surface area contributed by atoms with Gasteiger partial charge in [-0.2, -0.15) is 0 Å². The van der Waals surface area contributed by atoms with Gasteiger partial charge in [-0.15, -0.1) is 0 Å². The summed E-state index contributed by atoms with van der Waals surface area (Å²) in [5.41, 5.74) is 9.29. The standard InChI is InChI=1S/C34H46O3Si/c1-10-35-31-20-30(32(22(2)3)36-21-29-14-12-11-13-15-29)38(37-31,33-25(6)16-23(4)17-26(33)7)34-27(8)18-24(5)19-28(34)9/h11-19,22,30-32H,10,20-21H2,1-9H3/t30-,31?,32+/m0/s1. The van der Waals surface area contributed by atoms with E-state index in [9.17, 15) is 0 Å². The fraction of sp³-hybridized carbons (Fsp3) is 0.471. The van der Waals surface area contributed by atoms with Crippen LogP contribution >= 0.6 is 0 Å². The Kier molecular flexibility index (Phi) is 8.98. The SMILES string of the molecule is CCOC1C[C@@H]([C@H](OCc2ccccc2)C(C)C)[Si](c2c(C)cc(C)cc2C)(c2c(C)cc(C)cc2C)O1. The van der Waals surface area contributed by atoms with Crippen molar-refractivity contribution in [3.05, 3.63) is 93.5 Å². The average molecular weight is 531 g/mol. The quantitative estimate of drug-likeness (QED) is 0.279. The minimum Gasteiger partial charge on any atom is -0.383 e. The van der Waals surface area contributed by atoms with Gasteiger partial charge in [0.2, 0.25) is 0 Å². The van der Waals surface area contributed by atoms with E-state index in [0.29, 0.717) is 19.1 Å². The molecule has 3 aromatic rings. The van der Waals surface area contributed by atoms with E-state index in [2.05, 4.69) is 117 Å². The highest BCUT2D eigenvalue weighted by Crippen LogP contribution is 2.45. The maximum Gasteiger partial charge on any atom is 0.266 e. The molecular weight excluding hydrogens is 484 g/mol. The van der Waals surface area contributed by atoms with Crippen LogP contribution in [0.25, 0.3) is 0 Å². The van der Waals surface area contributed by atoms with Crippen LogP contribution in [0.2, 0.25) is 5.54 Å². The lowest BCUT2D eigenvalue weighted by Gasteiger charge is -2.41. The third-order valence-corrected chi connectivity index (χ3v) is 13.4. The van der Waals surface area contributed by atoms with Crippen LogP contribution in [0, 0.1) is 47.5 Å². The van der Waals surface area contributed by atoms with Crippen LogP contribution in [-0.2, 0) is 20.5 Å². The third-order valence-electron chi connectivity index (χ3n) is 8.07. The molecule has 3 atom stereocenters. The van der Waals surface area contributed by atoms with E-state index in [0.717, 1.165) is 6.42 Å². The molecule has 1 unspecified atom stereocenters. The van der Waals surface area contributed by atoms with Gasteiger partial charge in [-0.3, -0.25) is 0 Å². The first-order valence-electron chi connectivity index (χ1n) is 14.2. The van der Waals surface area contributed by atoms with Gasteiger partial charge in [0.1, 0.15) is 6.29 Å². The van der Waals surface area contributed by atoms with Crippen LogP contribution in [0.15, 0.2) is 54.6 Å². The smallest absolute Gasteiger partial charge is 0.266 e. The van der Waals surface area contributed by atoms with Crippen molar-refractivity contribution in [2.24, 2.45) is 5.92 Å². The predicted octanol–water partition coefficient (Wildman–Crippen LogP) is 6.99. The molecule has 1 saturated heterocycles. The third kappa shape index (κ3) is 5.55. The zero-order valence-electron chi connectivity index (χ0n) is 24.9. The molecule has 3 aromatic carbocycles. The molecule has 4 heteroatoms. The van der Waals surface area contributed by atoms with Crippen molar-refractivity contribution in [3.63, 3.8) is 0 Å². The van der Waals surface area contributed by atoms with E-state index in [1.165, 1.54) is 49.3 Å². The van der Waals surface area contributed by atoms with Crippen LogP contribution in [0.3, 0.4) is 0 Å². The lowest BCUT2D eigenvalue weighted by atomic mass is 10.0. The first-order chi connectivity index (χ1) is 18.1. The molecule has 38 heavy (non-hydrogen) atoms. The summed E-state index contributed by atoms with van der Waals surface area (Å²) in [5, 5.41) is 2.80. The molecule has 204 valence electrons. The molecule has 1 heterocycles. The van der Waals surface area contributed by atoms with Crippen molar-refractivity contribution in [1.82, 2.24) is 0 Å². The van der Waals surface area contributed by atoms with Crippen LogP contribution in [-0.4, -0.2) is 27.3 Å². The summed E-state index contributed by atoms with van der Waals surface area (Å²) >= 11 is 0. The number of aryl methyl sites for hydroxylation is 6. The van der Waals surface area contributed by atoms with E-state index in [4.69, 9.17) is 13.9 Å². The molecule has 0 amide bonds. The average Bonchev–Trinajstić information content (AvgIpc) is 3.17. The summed E-state index contributed by atoms with van der Waals surface area (Å²) in [6.07, 6.45) is 0.642. The van der Waals surface area contributed by atoms with Gasteiger partial charge in [0.05, 0.1) is 12.7 Å². The number of rotatable bonds is 9. The minimum absolute atomic E-state index is 0.0348. The van der Waals surface area contributed by atoms with Crippen molar-refractivity contribution >= 4 is 18.7 Å². The molecule has 0 N–H and O–H groups in total. The first kappa shape index (κ1) is 28.8. The maximum atomic E-state index is 7.40. The monoisotopic (exact) mass is 530 g/mol. The number of hydrogen-bond donors (Lipinski definition) is 0. The fourth-order valence-corrected chi connectivity index (χ4v) is 13.1. The number of benzene rings is 3. The molecule has 3 nitrogen and oxygen atoms in total. The number of hydrogen-bond acceptors (Lipinski definition) is 3. The summed E-state index contributed by atoms with van der Waals surface area (Å²) in [6.45, 7) is 21.4. The van der Waals surface area contributed by atoms with E-state index in [-0.39, 0.29) is 17.9 Å². The molecule has 1 aliphatic rings. The van der Waals surface area contributed by atoms with Crippen molar-refractivity contribution < 1.29 is 13.9 Å². The number of ether oxygens (including phenoxy) is 2. The highest BCUT2D eigenvalue weighted by Gasteiger charge is 2.60. The first-order valence-corrected chi connectivity index (χ1v) is 16.2. The van der Waals surface area contributed by atoms with Gasteiger partial charge >= 0.3 is 0 Å². The van der Waals surface area contributed by atoms with Crippen LogP contribution in [0.4, 0.5) is 0 Å². The van der Waals surface area contributed by atoms with Gasteiger partial charge < -0.3 is 13.9 Å². The summed E-state index contributed by atoms with van der Waals surface area (Å²) in [4.78, 5) is 0. The molecule has 4 rings (SSSR count). The second-order valence-corrected chi connectivity index (χ2v) is 15.1. The second-order valence-electron chi connectivity index (χ2n) is 11.6. The topological polar surface area (TPSA) is 27.7 Å². The summed E-state index contributed by atoms with van der Waals surface area (Å²) < 4.78 is 20.6. The molecule has 0 saturated carbocycles. The van der Waals surface area contributed by atoms with Crippen LogP contribution in [0.1, 0.15) is 66.1 Å². The molecule has 0 aliphatic carbocycles. The Morgan fingerprint density at radius 2 is 1.32 bits per heavy atom. The van der Waals surface area contributed by atoms with E-state index < -0.39 is 8.32 Å². The molecular formula is C34H46O3Si. The normalized spacial score (nSPS) is 19.7. The molecule has 1 fully saturated rings. The fourth-order valence-electron chi connectivity index (χ4n) is 7.05. The van der Waals surface area contributed by atoms with Crippen LogP contribution < -0.4 is 10.4 Å². The lowest BCUT2D eigenvalue weighted by molar-refractivity contribution is -0.0705. The Morgan fingerprint density at radius 3 is 1.76 bits per heavy atom. The maximum absolute atomic E-state index is 7.40. The van der Waals surface area contributed by atoms with Crippen molar-refractivity contribution in [2.45, 2.75) is 93.3 Å². The second kappa shape index (κ2) is 11.9. The highest BCUT2D eigenvalue weighted by molar-refractivity contribution is 7.00. The van der Waals surface area contributed by atoms with Crippen molar-refractivity contribution in [3.8, 4) is 0 Å². The van der Waals surface area contributed by atoms with Gasteiger partial charge in [0.25, 0.3) is 8.32 Å². The molecule has 0 radical (unpaired) electrons. The van der Waals surface area contributed by atoms with E-state index in [1.807, 2.05) is 0 Å². The van der Waals surface area contributed by atoms with Crippen LogP contribution in [0.5, 0.6) is 0 Å². The Morgan fingerprint density at radius 1 is 0.816 bits per heavy atom. The van der Waals surface area contributed by atoms with Crippen molar-refractivity contribution in [2.75, 3.05) is 6.61 Å². The Hall–Kier alpha value is -2.24. The lowest BCUT2D eigenvalue weighted by Crippen LogP contribution is -2.67. The van der Waals surface area contributed by atoms with E-state index >= 15 is 0 Å². The van der Waals surface area contributed by atoms with Crippen molar-refractivity contribution in [1.29, 1.82) is 0 Å². The Labute approximate surface area is 231 Å². The largest absolute Gasteiger partial charge is 0.383 e. The summed E-state index contributed by atoms with van der Waals surface area (Å²) in [6, 6.07) is 19.9. The zero-order valence-corrected chi connectivity index (χ0v) is 25.9.